The molecule has 2 aromatic carbocycles. The molecule has 0 fully saturated rings. The van der Waals surface area contributed by atoms with Gasteiger partial charge >= 0.3 is 0 Å². The maximum Gasteiger partial charge on any atom is 0.270 e. The third-order valence-corrected chi connectivity index (χ3v) is 4.70. The number of hydrogen-bond donors (Lipinski definition) is 3. The Hall–Kier alpha value is -3.19. The summed E-state index contributed by atoms with van der Waals surface area (Å²) in [5, 5.41) is 3.85. The van der Waals surface area contributed by atoms with E-state index in [9.17, 15) is 4.79 Å². The summed E-state index contributed by atoms with van der Waals surface area (Å²) < 4.78 is 5.72. The SMILES string of the molecule is CCCCOc1ccc(-c2cc(C(=O)NNC(=S)NC)c3ccccc3n2)cc1. The molecular formula is C22H24N4O2S. The normalized spacial score (nSPS) is 10.4. The predicted molar refractivity (Wildman–Crippen MR) is 120 cm³/mol. The van der Waals surface area contributed by atoms with E-state index in [4.69, 9.17) is 21.9 Å². The number of thiocarbonyl (C=S) groups is 1. The first-order valence-electron chi connectivity index (χ1n) is 9.53. The molecule has 0 aliphatic carbocycles. The molecule has 0 aliphatic rings. The second-order valence-electron chi connectivity index (χ2n) is 6.46. The second-order valence-corrected chi connectivity index (χ2v) is 6.87. The van der Waals surface area contributed by atoms with E-state index >= 15 is 0 Å². The first kappa shape index (κ1) is 20.5. The van der Waals surface area contributed by atoms with Crippen molar-refractivity contribution in [2.24, 2.45) is 0 Å². The maximum atomic E-state index is 12.8. The molecular weight excluding hydrogens is 384 g/mol. The van der Waals surface area contributed by atoms with Crippen molar-refractivity contribution in [2.45, 2.75) is 19.8 Å². The van der Waals surface area contributed by atoms with Crippen LogP contribution in [0.25, 0.3) is 22.2 Å². The van der Waals surface area contributed by atoms with Gasteiger partial charge in [-0.2, -0.15) is 0 Å². The zero-order valence-corrected chi connectivity index (χ0v) is 17.3. The molecule has 1 amide bonds. The molecule has 0 saturated carbocycles. The summed E-state index contributed by atoms with van der Waals surface area (Å²) in [4.78, 5) is 17.5. The number of hydrazine groups is 1. The quantitative estimate of drug-likeness (QED) is 0.327. The largest absolute Gasteiger partial charge is 0.494 e. The minimum absolute atomic E-state index is 0.290. The highest BCUT2D eigenvalue weighted by molar-refractivity contribution is 7.80. The molecule has 0 aliphatic heterocycles. The summed E-state index contributed by atoms with van der Waals surface area (Å²) in [7, 11) is 1.68. The van der Waals surface area contributed by atoms with Crippen LogP contribution in [0.1, 0.15) is 30.1 Å². The summed E-state index contributed by atoms with van der Waals surface area (Å²) in [5.41, 5.74) is 8.17. The van der Waals surface area contributed by atoms with Gasteiger partial charge in [0.2, 0.25) is 0 Å². The molecule has 3 aromatic rings. The van der Waals surface area contributed by atoms with Crippen molar-refractivity contribution in [3.8, 4) is 17.0 Å². The maximum absolute atomic E-state index is 12.8. The summed E-state index contributed by atoms with van der Waals surface area (Å²) in [5.74, 6) is 0.535. The number of amides is 1. The van der Waals surface area contributed by atoms with E-state index in [-0.39, 0.29) is 5.91 Å². The van der Waals surface area contributed by atoms with Gasteiger partial charge in [-0.25, -0.2) is 4.98 Å². The molecule has 0 bridgehead atoms. The lowest BCUT2D eigenvalue weighted by atomic mass is 10.0. The average Bonchev–Trinajstić information content (AvgIpc) is 2.77. The van der Waals surface area contributed by atoms with E-state index < -0.39 is 0 Å². The lowest BCUT2D eigenvalue weighted by Gasteiger charge is -2.12. The number of hydrogen-bond acceptors (Lipinski definition) is 4. The van der Waals surface area contributed by atoms with Crippen molar-refractivity contribution in [3.05, 3.63) is 60.2 Å². The fourth-order valence-corrected chi connectivity index (χ4v) is 2.86. The van der Waals surface area contributed by atoms with Crippen molar-refractivity contribution in [1.82, 2.24) is 21.2 Å². The van der Waals surface area contributed by atoms with Crippen molar-refractivity contribution in [2.75, 3.05) is 13.7 Å². The van der Waals surface area contributed by atoms with E-state index in [0.29, 0.717) is 23.0 Å². The smallest absolute Gasteiger partial charge is 0.270 e. The number of nitrogens with zero attached hydrogens (tertiary/aromatic N) is 1. The Morgan fingerprint density at radius 1 is 1.10 bits per heavy atom. The zero-order valence-electron chi connectivity index (χ0n) is 16.5. The third kappa shape index (κ3) is 5.20. The van der Waals surface area contributed by atoms with Crippen molar-refractivity contribution >= 4 is 34.1 Å². The highest BCUT2D eigenvalue weighted by atomic mass is 32.1. The van der Waals surface area contributed by atoms with E-state index in [1.807, 2.05) is 48.5 Å². The van der Waals surface area contributed by atoms with Gasteiger partial charge in [0.05, 0.1) is 23.4 Å². The van der Waals surface area contributed by atoms with Crippen molar-refractivity contribution < 1.29 is 9.53 Å². The number of unbranched alkanes of at least 4 members (excludes halogenated alkanes) is 1. The average molecular weight is 409 g/mol. The van der Waals surface area contributed by atoms with Crippen LogP contribution in [-0.4, -0.2) is 29.7 Å². The van der Waals surface area contributed by atoms with Gasteiger partial charge in [-0.1, -0.05) is 31.5 Å². The Morgan fingerprint density at radius 2 is 1.86 bits per heavy atom. The van der Waals surface area contributed by atoms with Crippen molar-refractivity contribution in [3.63, 3.8) is 0 Å². The van der Waals surface area contributed by atoms with Crippen LogP contribution < -0.4 is 20.9 Å². The van der Waals surface area contributed by atoms with Gasteiger partial charge in [0.25, 0.3) is 5.91 Å². The number of carbonyl (C=O) groups excluding carboxylic acids is 1. The minimum atomic E-state index is -0.290. The monoisotopic (exact) mass is 408 g/mol. The lowest BCUT2D eigenvalue weighted by Crippen LogP contribution is -2.45. The molecule has 0 atom stereocenters. The molecule has 3 N–H and O–H groups in total. The summed E-state index contributed by atoms with van der Waals surface area (Å²) >= 11 is 5.01. The first-order chi connectivity index (χ1) is 14.1. The fraction of sp³-hybridized carbons (Fsp3) is 0.227. The molecule has 0 radical (unpaired) electrons. The van der Waals surface area contributed by atoms with Gasteiger partial charge in [-0.05, 0) is 55.0 Å². The number of para-hydroxylation sites is 1. The van der Waals surface area contributed by atoms with Crippen molar-refractivity contribution in [1.29, 1.82) is 0 Å². The molecule has 0 saturated heterocycles. The molecule has 6 nitrogen and oxygen atoms in total. The Morgan fingerprint density at radius 3 is 2.59 bits per heavy atom. The number of aromatic nitrogens is 1. The van der Waals surface area contributed by atoms with E-state index in [1.165, 1.54) is 0 Å². The van der Waals surface area contributed by atoms with Crippen LogP contribution in [0.3, 0.4) is 0 Å². The number of carbonyl (C=O) groups is 1. The number of rotatable bonds is 6. The van der Waals surface area contributed by atoms with Crippen LogP contribution in [0.5, 0.6) is 5.75 Å². The van der Waals surface area contributed by atoms with Crippen LogP contribution in [0.15, 0.2) is 54.6 Å². The molecule has 3 rings (SSSR count). The summed E-state index contributed by atoms with van der Waals surface area (Å²) in [6.07, 6.45) is 2.12. The van der Waals surface area contributed by atoms with E-state index in [1.54, 1.807) is 13.1 Å². The Bertz CT molecular complexity index is 1010. The standard InChI is InChI=1S/C22H24N4O2S/c1-3-4-13-28-16-11-9-15(10-12-16)20-14-18(21(27)25-26-22(29)23-2)17-7-5-6-8-19(17)24-20/h5-12,14H,3-4,13H2,1-2H3,(H,25,27)(H2,23,26,29). The zero-order chi connectivity index (χ0) is 20.6. The Kier molecular flexibility index (Phi) is 6.97. The van der Waals surface area contributed by atoms with Gasteiger partial charge in [-0.3, -0.25) is 15.6 Å². The predicted octanol–water partition coefficient (Wildman–Crippen LogP) is 3.82. The van der Waals surface area contributed by atoms with Crippen LogP contribution in [0.4, 0.5) is 0 Å². The molecule has 150 valence electrons. The lowest BCUT2D eigenvalue weighted by molar-refractivity contribution is 0.0945. The molecule has 29 heavy (non-hydrogen) atoms. The molecule has 1 heterocycles. The van der Waals surface area contributed by atoms with E-state index in [2.05, 4.69) is 23.1 Å². The topological polar surface area (TPSA) is 75.3 Å². The molecule has 0 unspecified atom stereocenters. The number of fused-ring (bicyclic) bond motifs is 1. The van der Waals surface area contributed by atoms with Gasteiger partial charge in [0, 0.05) is 18.0 Å². The minimum Gasteiger partial charge on any atom is -0.494 e. The molecule has 1 aromatic heterocycles. The van der Waals surface area contributed by atoms with Crippen LogP contribution in [-0.2, 0) is 0 Å². The number of ether oxygens (including phenoxy) is 1. The first-order valence-corrected chi connectivity index (χ1v) is 9.94. The molecule has 7 heteroatoms. The van der Waals surface area contributed by atoms with Crippen LogP contribution in [0, 0.1) is 0 Å². The molecule has 0 spiro atoms. The Balaban J connectivity index is 1.90. The highest BCUT2D eigenvalue weighted by Gasteiger charge is 2.14. The number of benzene rings is 2. The van der Waals surface area contributed by atoms with Gasteiger partial charge in [-0.15, -0.1) is 0 Å². The second kappa shape index (κ2) is 9.84. The van der Waals surface area contributed by atoms with Gasteiger partial charge < -0.3 is 10.1 Å². The van der Waals surface area contributed by atoms with Crippen LogP contribution in [0.2, 0.25) is 0 Å². The van der Waals surface area contributed by atoms with Gasteiger partial charge in [0.1, 0.15) is 5.75 Å². The Labute approximate surface area is 175 Å². The third-order valence-electron chi connectivity index (χ3n) is 4.39. The summed E-state index contributed by atoms with van der Waals surface area (Å²) in [6, 6.07) is 17.1. The highest BCUT2D eigenvalue weighted by Crippen LogP contribution is 2.26. The number of pyridine rings is 1. The van der Waals surface area contributed by atoms with Gasteiger partial charge in [0.15, 0.2) is 5.11 Å². The number of nitrogens with one attached hydrogen (secondary N) is 3. The van der Waals surface area contributed by atoms with E-state index in [0.717, 1.165) is 35.1 Å². The summed E-state index contributed by atoms with van der Waals surface area (Å²) in [6.45, 7) is 2.84. The fourth-order valence-electron chi connectivity index (χ4n) is 2.81. The van der Waals surface area contributed by atoms with Crippen LogP contribution >= 0.6 is 12.2 Å².